The van der Waals surface area contributed by atoms with Crippen LogP contribution in [-0.4, -0.2) is 38.8 Å². The van der Waals surface area contributed by atoms with Gasteiger partial charge in [-0.2, -0.15) is 8.42 Å². The first-order valence-corrected chi connectivity index (χ1v) is 9.62. The van der Waals surface area contributed by atoms with Crippen LogP contribution in [0.5, 0.6) is 0 Å². The van der Waals surface area contributed by atoms with E-state index in [1.807, 2.05) is 13.8 Å². The topological polar surface area (TPSA) is 46.6 Å². The van der Waals surface area contributed by atoms with Crippen LogP contribution >= 0.6 is 0 Å². The van der Waals surface area contributed by atoms with Crippen molar-refractivity contribution in [1.82, 2.24) is 4.90 Å². The van der Waals surface area contributed by atoms with Gasteiger partial charge in [0.2, 0.25) is 0 Å². The third kappa shape index (κ3) is 5.07. The number of hydrogen-bond acceptors (Lipinski definition) is 4. The van der Waals surface area contributed by atoms with Gasteiger partial charge < -0.3 is 0 Å². The zero-order valence-electron chi connectivity index (χ0n) is 13.8. The SMILES string of the molecule is Cc1cccc2c1CCN(CCCS(=O)(=O)OCC(C)C)C2. The fourth-order valence-corrected chi connectivity index (χ4v) is 3.89. The summed E-state index contributed by atoms with van der Waals surface area (Å²) in [6.45, 7) is 9.06. The van der Waals surface area contributed by atoms with Gasteiger partial charge in [0.1, 0.15) is 0 Å². The Bertz CT molecular complexity index is 596. The summed E-state index contributed by atoms with van der Waals surface area (Å²) in [6.07, 6.45) is 1.68. The van der Waals surface area contributed by atoms with Crippen molar-refractivity contribution in [2.75, 3.05) is 25.4 Å². The van der Waals surface area contributed by atoms with E-state index >= 15 is 0 Å². The summed E-state index contributed by atoms with van der Waals surface area (Å²) in [6, 6.07) is 6.44. The zero-order chi connectivity index (χ0) is 16.2. The molecule has 1 aromatic carbocycles. The van der Waals surface area contributed by atoms with Gasteiger partial charge in [0.25, 0.3) is 10.1 Å². The van der Waals surface area contributed by atoms with Crippen molar-refractivity contribution < 1.29 is 12.6 Å². The first-order chi connectivity index (χ1) is 10.4. The number of nitrogens with zero attached hydrogens (tertiary/aromatic N) is 1. The fourth-order valence-electron chi connectivity index (χ4n) is 2.81. The Morgan fingerprint density at radius 3 is 2.82 bits per heavy atom. The lowest BCUT2D eigenvalue weighted by Gasteiger charge is -2.29. The number of benzene rings is 1. The van der Waals surface area contributed by atoms with Crippen LogP contribution in [0.15, 0.2) is 18.2 Å². The minimum absolute atomic E-state index is 0.108. The normalized spacial score (nSPS) is 16.0. The lowest BCUT2D eigenvalue weighted by atomic mass is 9.95. The largest absolute Gasteiger partial charge is 0.299 e. The molecule has 1 heterocycles. The molecule has 0 saturated heterocycles. The van der Waals surface area contributed by atoms with Crippen molar-refractivity contribution in [3.05, 3.63) is 34.9 Å². The van der Waals surface area contributed by atoms with Gasteiger partial charge in [-0.3, -0.25) is 9.08 Å². The van der Waals surface area contributed by atoms with Crippen LogP contribution in [0.2, 0.25) is 0 Å². The van der Waals surface area contributed by atoms with Crippen molar-refractivity contribution in [3.63, 3.8) is 0 Å². The van der Waals surface area contributed by atoms with E-state index in [9.17, 15) is 8.42 Å². The van der Waals surface area contributed by atoms with Crippen LogP contribution in [0, 0.1) is 12.8 Å². The summed E-state index contributed by atoms with van der Waals surface area (Å²) in [5.74, 6) is 0.341. The lowest BCUT2D eigenvalue weighted by molar-refractivity contribution is 0.249. The van der Waals surface area contributed by atoms with Gasteiger partial charge in [0.05, 0.1) is 12.4 Å². The Labute approximate surface area is 134 Å². The number of fused-ring (bicyclic) bond motifs is 1. The molecule has 0 saturated carbocycles. The monoisotopic (exact) mass is 325 g/mol. The summed E-state index contributed by atoms with van der Waals surface area (Å²) < 4.78 is 28.6. The van der Waals surface area contributed by atoms with Crippen LogP contribution in [0.4, 0.5) is 0 Å². The standard InChI is InChI=1S/C17H27NO3S/c1-14(2)13-21-22(19,20)11-5-9-18-10-8-17-15(3)6-4-7-16(17)12-18/h4,6-7,14H,5,8-13H2,1-3H3. The maximum atomic E-state index is 11.8. The van der Waals surface area contributed by atoms with E-state index in [1.54, 1.807) is 0 Å². The van der Waals surface area contributed by atoms with Crippen molar-refractivity contribution in [2.24, 2.45) is 5.92 Å². The van der Waals surface area contributed by atoms with Crippen LogP contribution in [0.3, 0.4) is 0 Å². The molecule has 4 nitrogen and oxygen atoms in total. The molecule has 0 aliphatic carbocycles. The highest BCUT2D eigenvalue weighted by atomic mass is 32.2. The molecule has 1 aliphatic rings. The van der Waals surface area contributed by atoms with Gasteiger partial charge in [-0.1, -0.05) is 32.0 Å². The lowest BCUT2D eigenvalue weighted by Crippen LogP contribution is -2.32. The molecule has 1 aliphatic heterocycles. The van der Waals surface area contributed by atoms with E-state index in [1.165, 1.54) is 16.7 Å². The molecule has 0 aromatic heterocycles. The molecule has 0 spiro atoms. The highest BCUT2D eigenvalue weighted by molar-refractivity contribution is 7.86. The minimum atomic E-state index is -3.37. The molecular weight excluding hydrogens is 298 g/mol. The molecule has 0 radical (unpaired) electrons. The molecule has 0 N–H and O–H groups in total. The molecule has 1 aromatic rings. The van der Waals surface area contributed by atoms with Crippen molar-refractivity contribution in [1.29, 1.82) is 0 Å². The molecule has 22 heavy (non-hydrogen) atoms. The van der Waals surface area contributed by atoms with Gasteiger partial charge >= 0.3 is 0 Å². The zero-order valence-corrected chi connectivity index (χ0v) is 14.7. The second-order valence-corrected chi connectivity index (χ2v) is 8.29. The first kappa shape index (κ1) is 17.4. The predicted octanol–water partition coefficient (Wildman–Crippen LogP) is 2.75. The highest BCUT2D eigenvalue weighted by Crippen LogP contribution is 2.22. The predicted molar refractivity (Wildman–Crippen MR) is 89.4 cm³/mol. The fraction of sp³-hybridized carbons (Fsp3) is 0.647. The molecule has 0 amide bonds. The molecule has 0 unspecified atom stereocenters. The van der Waals surface area contributed by atoms with E-state index in [4.69, 9.17) is 4.18 Å². The van der Waals surface area contributed by atoms with Gasteiger partial charge in [-0.25, -0.2) is 0 Å². The Morgan fingerprint density at radius 2 is 2.09 bits per heavy atom. The molecule has 5 heteroatoms. The first-order valence-electron chi connectivity index (χ1n) is 8.04. The highest BCUT2D eigenvalue weighted by Gasteiger charge is 2.18. The van der Waals surface area contributed by atoms with Crippen molar-refractivity contribution >= 4 is 10.1 Å². The molecule has 2 rings (SSSR count). The number of aryl methyl sites for hydroxylation is 1. The van der Waals surface area contributed by atoms with Gasteiger partial charge in [0.15, 0.2) is 0 Å². The Morgan fingerprint density at radius 1 is 1.32 bits per heavy atom. The van der Waals surface area contributed by atoms with E-state index in [2.05, 4.69) is 30.0 Å². The summed E-state index contributed by atoms with van der Waals surface area (Å²) in [5.41, 5.74) is 4.21. The quantitative estimate of drug-likeness (QED) is 0.723. The van der Waals surface area contributed by atoms with Crippen LogP contribution in [0.25, 0.3) is 0 Å². The molecule has 124 valence electrons. The molecular formula is C17H27NO3S. The summed E-state index contributed by atoms with van der Waals surface area (Å²) in [7, 11) is -3.37. The number of rotatable bonds is 7. The molecule has 0 fully saturated rings. The third-order valence-corrected chi connectivity index (χ3v) is 5.31. The maximum Gasteiger partial charge on any atom is 0.267 e. The maximum absolute atomic E-state index is 11.8. The summed E-state index contributed by atoms with van der Waals surface area (Å²) in [4.78, 5) is 2.33. The molecule has 0 atom stereocenters. The Kier molecular flexibility index (Phi) is 6.01. The van der Waals surface area contributed by atoms with Crippen molar-refractivity contribution in [2.45, 2.75) is 40.2 Å². The average Bonchev–Trinajstić information content (AvgIpc) is 2.45. The third-order valence-electron chi connectivity index (χ3n) is 4.03. The van der Waals surface area contributed by atoms with Crippen LogP contribution in [0.1, 0.15) is 37.0 Å². The number of hydrogen-bond donors (Lipinski definition) is 0. The second kappa shape index (κ2) is 7.57. The Hall–Kier alpha value is -0.910. The van der Waals surface area contributed by atoms with E-state index in [0.29, 0.717) is 6.42 Å². The van der Waals surface area contributed by atoms with Crippen LogP contribution < -0.4 is 0 Å². The summed E-state index contributed by atoms with van der Waals surface area (Å²) in [5, 5.41) is 0. The van der Waals surface area contributed by atoms with Crippen LogP contribution in [-0.2, 0) is 27.3 Å². The van der Waals surface area contributed by atoms with E-state index < -0.39 is 10.1 Å². The molecule has 0 bridgehead atoms. The van der Waals surface area contributed by atoms with E-state index in [0.717, 1.165) is 26.1 Å². The second-order valence-electron chi connectivity index (χ2n) is 6.53. The smallest absolute Gasteiger partial charge is 0.267 e. The van der Waals surface area contributed by atoms with Crippen molar-refractivity contribution in [3.8, 4) is 0 Å². The average molecular weight is 325 g/mol. The summed E-state index contributed by atoms with van der Waals surface area (Å²) >= 11 is 0. The minimum Gasteiger partial charge on any atom is -0.299 e. The van der Waals surface area contributed by atoms with E-state index in [-0.39, 0.29) is 18.3 Å². The van der Waals surface area contributed by atoms with Gasteiger partial charge in [0, 0.05) is 13.1 Å². The van der Waals surface area contributed by atoms with Gasteiger partial charge in [-0.15, -0.1) is 0 Å². The van der Waals surface area contributed by atoms with Gasteiger partial charge in [-0.05, 0) is 48.9 Å². The Balaban J connectivity index is 1.79.